The fourth-order valence-corrected chi connectivity index (χ4v) is 5.80. The lowest BCUT2D eigenvalue weighted by molar-refractivity contribution is 0.287. The highest BCUT2D eigenvalue weighted by molar-refractivity contribution is 5.73. The summed E-state index contributed by atoms with van der Waals surface area (Å²) < 4.78 is 5.77. The van der Waals surface area contributed by atoms with Crippen molar-refractivity contribution in [2.24, 2.45) is 0 Å². The number of rotatable bonds is 10. The fourth-order valence-electron chi connectivity index (χ4n) is 5.80. The van der Waals surface area contributed by atoms with Gasteiger partial charge in [-0.3, -0.25) is 4.98 Å². The number of methoxy groups -OCH3 is 1. The van der Waals surface area contributed by atoms with Gasteiger partial charge in [-0.25, -0.2) is 0 Å². The summed E-state index contributed by atoms with van der Waals surface area (Å²) in [5.74, 6) is 1.31. The molecular weight excluding hydrogens is 488 g/mol. The number of ether oxygens (including phenoxy) is 1. The number of benzene rings is 2. The first-order chi connectivity index (χ1) is 19.2. The van der Waals surface area contributed by atoms with Crippen molar-refractivity contribution in [3.8, 4) is 16.9 Å². The lowest BCUT2D eigenvalue weighted by atomic mass is 9.90. The van der Waals surface area contributed by atoms with Crippen LogP contribution in [-0.4, -0.2) is 23.0 Å². The highest BCUT2D eigenvalue weighted by Crippen LogP contribution is 2.41. The molecule has 3 heteroatoms. The Morgan fingerprint density at radius 2 is 1.68 bits per heavy atom. The second-order valence-corrected chi connectivity index (χ2v) is 11.3. The molecule has 0 bridgehead atoms. The second kappa shape index (κ2) is 14.9. The third kappa shape index (κ3) is 7.87. The van der Waals surface area contributed by atoms with Crippen molar-refractivity contribution in [1.82, 2.24) is 9.88 Å². The minimum absolute atomic E-state index is 0.347. The Hall–Kier alpha value is -3.33. The molecule has 0 amide bonds. The van der Waals surface area contributed by atoms with Gasteiger partial charge < -0.3 is 9.64 Å². The molecule has 0 aliphatic carbocycles. The van der Waals surface area contributed by atoms with Gasteiger partial charge in [0.05, 0.1) is 19.3 Å². The summed E-state index contributed by atoms with van der Waals surface area (Å²) >= 11 is 0. The predicted molar refractivity (Wildman–Crippen MR) is 172 cm³/mol. The van der Waals surface area contributed by atoms with Crippen molar-refractivity contribution in [2.45, 2.75) is 98.6 Å². The van der Waals surface area contributed by atoms with Gasteiger partial charge >= 0.3 is 0 Å². The summed E-state index contributed by atoms with van der Waals surface area (Å²) in [5.41, 5.74) is 10.8. The maximum atomic E-state index is 5.77. The van der Waals surface area contributed by atoms with Gasteiger partial charge in [0.15, 0.2) is 0 Å². The van der Waals surface area contributed by atoms with Crippen LogP contribution < -0.4 is 4.74 Å². The standard InChI is InChI=1S/C32H38N2O.C5H12/c1-8-9-10-26-12-14-32(35-7)30(19-26)28-13-11-23(4)33-31(28)20-34-24(5)18-29(25(34)6)27-16-21(2)15-22(3)17-27;1-3-5-4-2/h8,11-17,19,25,29H,1,5,9-10,18,20H2,2-4,6-7H3;3-5H2,1-2H3. The van der Waals surface area contributed by atoms with Crippen LogP contribution in [0.15, 0.2) is 73.5 Å². The number of unbranched alkanes of at least 4 members (excludes halogenated alkanes) is 2. The molecule has 1 saturated heterocycles. The van der Waals surface area contributed by atoms with Crippen molar-refractivity contribution >= 4 is 0 Å². The summed E-state index contributed by atoms with van der Waals surface area (Å²) in [6.07, 6.45) is 8.94. The minimum atomic E-state index is 0.347. The second-order valence-electron chi connectivity index (χ2n) is 11.3. The van der Waals surface area contributed by atoms with E-state index in [9.17, 15) is 0 Å². The van der Waals surface area contributed by atoms with Crippen molar-refractivity contribution in [3.63, 3.8) is 0 Å². The Morgan fingerprint density at radius 1 is 0.975 bits per heavy atom. The molecule has 3 aromatic rings. The predicted octanol–water partition coefficient (Wildman–Crippen LogP) is 9.89. The summed E-state index contributed by atoms with van der Waals surface area (Å²) in [7, 11) is 1.74. The summed E-state index contributed by atoms with van der Waals surface area (Å²) in [6, 6.07) is 18.0. The normalized spacial score (nSPS) is 16.5. The molecule has 40 heavy (non-hydrogen) atoms. The van der Waals surface area contributed by atoms with Crippen molar-refractivity contribution in [2.75, 3.05) is 7.11 Å². The van der Waals surface area contributed by atoms with Crippen LogP contribution in [-0.2, 0) is 13.0 Å². The molecule has 0 spiro atoms. The maximum Gasteiger partial charge on any atom is 0.126 e. The summed E-state index contributed by atoms with van der Waals surface area (Å²) in [6.45, 7) is 22.3. The highest BCUT2D eigenvalue weighted by Gasteiger charge is 2.34. The molecule has 1 aliphatic rings. The number of allylic oxidation sites excluding steroid dienone is 2. The zero-order valence-corrected chi connectivity index (χ0v) is 26.0. The molecule has 1 aromatic heterocycles. The van der Waals surface area contributed by atoms with Crippen LogP contribution in [0, 0.1) is 20.8 Å². The van der Waals surface area contributed by atoms with Gasteiger partial charge in [0.2, 0.25) is 0 Å². The average Bonchev–Trinajstić information content (AvgIpc) is 3.20. The molecule has 0 N–H and O–H groups in total. The van der Waals surface area contributed by atoms with E-state index in [1.165, 1.54) is 47.2 Å². The van der Waals surface area contributed by atoms with Crippen LogP contribution >= 0.6 is 0 Å². The molecule has 2 heterocycles. The number of pyridine rings is 1. The number of hydrogen-bond acceptors (Lipinski definition) is 3. The molecule has 4 rings (SSSR count). The van der Waals surface area contributed by atoms with Gasteiger partial charge in [-0.2, -0.15) is 0 Å². The monoisotopic (exact) mass is 538 g/mol. The van der Waals surface area contributed by atoms with E-state index in [-0.39, 0.29) is 0 Å². The van der Waals surface area contributed by atoms with E-state index in [1.54, 1.807) is 7.11 Å². The van der Waals surface area contributed by atoms with Crippen LogP contribution in [0.3, 0.4) is 0 Å². The van der Waals surface area contributed by atoms with Crippen LogP contribution in [0.1, 0.15) is 92.4 Å². The molecule has 0 radical (unpaired) electrons. The van der Waals surface area contributed by atoms with E-state index in [1.807, 2.05) is 6.08 Å². The summed E-state index contributed by atoms with van der Waals surface area (Å²) in [5, 5.41) is 0. The van der Waals surface area contributed by atoms with E-state index in [0.29, 0.717) is 12.0 Å². The molecule has 3 nitrogen and oxygen atoms in total. The molecular formula is C37H50N2O. The highest BCUT2D eigenvalue weighted by atomic mass is 16.5. The Balaban J connectivity index is 0.000000810. The van der Waals surface area contributed by atoms with Gasteiger partial charge in [0.1, 0.15) is 5.75 Å². The Morgan fingerprint density at radius 3 is 2.27 bits per heavy atom. The topological polar surface area (TPSA) is 25.4 Å². The van der Waals surface area contributed by atoms with E-state index in [4.69, 9.17) is 9.72 Å². The number of hydrogen-bond donors (Lipinski definition) is 0. The molecule has 0 saturated carbocycles. The molecule has 214 valence electrons. The number of aromatic nitrogens is 1. The summed E-state index contributed by atoms with van der Waals surface area (Å²) in [4.78, 5) is 7.47. The molecule has 2 unspecified atom stereocenters. The average molecular weight is 539 g/mol. The first-order valence-corrected chi connectivity index (χ1v) is 15.0. The Labute approximate surface area is 244 Å². The fraction of sp³-hybridized carbons (Fsp3) is 0.432. The van der Waals surface area contributed by atoms with Gasteiger partial charge in [-0.05, 0) is 76.3 Å². The zero-order chi connectivity index (χ0) is 29.2. The van der Waals surface area contributed by atoms with Crippen LogP contribution in [0.4, 0.5) is 0 Å². The van der Waals surface area contributed by atoms with E-state index < -0.39 is 0 Å². The lowest BCUT2D eigenvalue weighted by Gasteiger charge is -2.28. The van der Waals surface area contributed by atoms with Crippen LogP contribution in [0.2, 0.25) is 0 Å². The maximum absolute atomic E-state index is 5.77. The van der Waals surface area contributed by atoms with Gasteiger partial charge in [0.25, 0.3) is 0 Å². The number of likely N-dealkylation sites (tertiary alicyclic amines) is 1. The minimum Gasteiger partial charge on any atom is -0.496 e. The molecule has 1 aliphatic heterocycles. The number of nitrogens with zero attached hydrogens (tertiary/aromatic N) is 2. The smallest absolute Gasteiger partial charge is 0.126 e. The zero-order valence-electron chi connectivity index (χ0n) is 26.0. The van der Waals surface area contributed by atoms with E-state index in [0.717, 1.165) is 54.1 Å². The molecule has 2 atom stereocenters. The van der Waals surface area contributed by atoms with Crippen molar-refractivity contribution in [3.05, 3.63) is 107 Å². The Bertz CT molecular complexity index is 1270. The first kappa shape index (κ1) is 31.2. The van der Waals surface area contributed by atoms with Gasteiger partial charge in [0, 0.05) is 34.5 Å². The third-order valence-electron chi connectivity index (χ3n) is 7.94. The third-order valence-corrected chi connectivity index (χ3v) is 7.94. The van der Waals surface area contributed by atoms with Crippen molar-refractivity contribution in [1.29, 1.82) is 0 Å². The first-order valence-electron chi connectivity index (χ1n) is 15.0. The molecule has 2 aromatic carbocycles. The van der Waals surface area contributed by atoms with E-state index in [2.05, 4.69) is 108 Å². The van der Waals surface area contributed by atoms with E-state index >= 15 is 0 Å². The van der Waals surface area contributed by atoms with Gasteiger partial charge in [-0.1, -0.05) is 87.2 Å². The van der Waals surface area contributed by atoms with Crippen molar-refractivity contribution < 1.29 is 4.74 Å². The SMILES string of the molecule is C=CCCc1ccc(OC)c(-c2ccc(C)nc2CN2C(=C)CC(c3cc(C)cc(C)c3)C2C)c1.CCCCC. The quantitative estimate of drug-likeness (QED) is 0.240. The van der Waals surface area contributed by atoms with Crippen LogP contribution in [0.5, 0.6) is 5.75 Å². The van der Waals surface area contributed by atoms with Crippen LogP contribution in [0.25, 0.3) is 11.1 Å². The Kier molecular flexibility index (Phi) is 11.6. The largest absolute Gasteiger partial charge is 0.496 e. The van der Waals surface area contributed by atoms with Gasteiger partial charge in [-0.15, -0.1) is 6.58 Å². The number of aryl methyl sites for hydroxylation is 4. The lowest BCUT2D eigenvalue weighted by Crippen LogP contribution is -2.28. The molecule has 1 fully saturated rings.